The highest BCUT2D eigenvalue weighted by molar-refractivity contribution is 5.28. The van der Waals surface area contributed by atoms with Crippen LogP contribution in [-0.2, 0) is 13.1 Å². The molecule has 0 amide bonds. The van der Waals surface area contributed by atoms with E-state index in [1.165, 1.54) is 6.07 Å². The monoisotopic (exact) mass is 273 g/mol. The van der Waals surface area contributed by atoms with Gasteiger partial charge in [-0.3, -0.25) is 4.90 Å². The molecule has 3 heteroatoms. The van der Waals surface area contributed by atoms with Gasteiger partial charge in [-0.2, -0.15) is 0 Å². The first kappa shape index (κ1) is 14.5. The molecule has 0 atom stereocenters. The van der Waals surface area contributed by atoms with Crippen LogP contribution < -0.4 is 4.74 Å². The van der Waals surface area contributed by atoms with Crippen LogP contribution in [0.2, 0.25) is 0 Å². The molecule has 20 heavy (non-hydrogen) atoms. The fourth-order valence-corrected chi connectivity index (χ4v) is 2.19. The zero-order valence-electron chi connectivity index (χ0n) is 12.0. The maximum atomic E-state index is 13.6. The zero-order chi connectivity index (χ0) is 14.4. The van der Waals surface area contributed by atoms with E-state index in [9.17, 15) is 4.39 Å². The lowest BCUT2D eigenvalue weighted by molar-refractivity contribution is 0.311. The molecule has 0 aliphatic heterocycles. The van der Waals surface area contributed by atoms with Crippen molar-refractivity contribution in [3.05, 3.63) is 65.5 Å². The Hall–Kier alpha value is -1.87. The molecule has 2 aromatic carbocycles. The van der Waals surface area contributed by atoms with Crippen molar-refractivity contribution in [3.8, 4) is 5.75 Å². The summed E-state index contributed by atoms with van der Waals surface area (Å²) < 4.78 is 19.1. The van der Waals surface area contributed by atoms with Crippen LogP contribution in [0.3, 0.4) is 0 Å². The summed E-state index contributed by atoms with van der Waals surface area (Å²) in [5.41, 5.74) is 1.88. The third-order valence-corrected chi connectivity index (χ3v) is 3.06. The lowest BCUT2D eigenvalue weighted by Crippen LogP contribution is -2.18. The largest absolute Gasteiger partial charge is 0.494 e. The van der Waals surface area contributed by atoms with Gasteiger partial charge in [-0.15, -0.1) is 0 Å². The summed E-state index contributed by atoms with van der Waals surface area (Å²) in [6.45, 7) is 3.98. The number of rotatable bonds is 6. The minimum Gasteiger partial charge on any atom is -0.494 e. The molecule has 0 spiro atoms. The fraction of sp³-hybridized carbons (Fsp3) is 0.294. The minimum atomic E-state index is -0.151. The average Bonchev–Trinajstić information content (AvgIpc) is 2.42. The van der Waals surface area contributed by atoms with Gasteiger partial charge < -0.3 is 4.74 Å². The highest BCUT2D eigenvalue weighted by Crippen LogP contribution is 2.16. The third kappa shape index (κ3) is 4.07. The van der Waals surface area contributed by atoms with Crippen molar-refractivity contribution in [2.45, 2.75) is 20.0 Å². The molecule has 0 aliphatic rings. The molecule has 0 unspecified atom stereocenters. The average molecular weight is 273 g/mol. The molecular formula is C17H20FNO. The van der Waals surface area contributed by atoms with Crippen molar-refractivity contribution >= 4 is 0 Å². The molecule has 0 aromatic heterocycles. The van der Waals surface area contributed by atoms with Gasteiger partial charge in [0, 0.05) is 18.7 Å². The first-order valence-electron chi connectivity index (χ1n) is 6.82. The zero-order valence-corrected chi connectivity index (χ0v) is 12.0. The number of hydrogen-bond acceptors (Lipinski definition) is 2. The Balaban J connectivity index is 1.99. The molecular weight excluding hydrogens is 253 g/mol. The molecule has 0 saturated heterocycles. The van der Waals surface area contributed by atoms with E-state index in [4.69, 9.17) is 4.74 Å². The standard InChI is InChI=1S/C17H20FNO/c1-3-20-16-9-6-7-14(11-16)12-19(2)13-15-8-4-5-10-17(15)18/h4-11H,3,12-13H2,1-2H3. The van der Waals surface area contributed by atoms with Gasteiger partial charge in [0.05, 0.1) is 6.61 Å². The van der Waals surface area contributed by atoms with Gasteiger partial charge in [-0.1, -0.05) is 30.3 Å². The first-order chi connectivity index (χ1) is 9.69. The SMILES string of the molecule is CCOc1cccc(CN(C)Cc2ccccc2F)c1. The van der Waals surface area contributed by atoms with Gasteiger partial charge in [-0.25, -0.2) is 4.39 Å². The van der Waals surface area contributed by atoms with Crippen molar-refractivity contribution in [1.29, 1.82) is 0 Å². The molecule has 106 valence electrons. The molecule has 0 saturated carbocycles. The van der Waals surface area contributed by atoms with Crippen molar-refractivity contribution in [2.24, 2.45) is 0 Å². The number of hydrogen-bond donors (Lipinski definition) is 0. The lowest BCUT2D eigenvalue weighted by Gasteiger charge is -2.17. The molecule has 2 aromatic rings. The molecule has 2 rings (SSSR count). The summed E-state index contributed by atoms with van der Waals surface area (Å²) in [5.74, 6) is 0.728. The number of benzene rings is 2. The Morgan fingerprint density at radius 3 is 2.60 bits per heavy atom. The van der Waals surface area contributed by atoms with Crippen molar-refractivity contribution in [3.63, 3.8) is 0 Å². The van der Waals surface area contributed by atoms with Crippen molar-refractivity contribution in [2.75, 3.05) is 13.7 Å². The van der Waals surface area contributed by atoms with E-state index in [1.807, 2.05) is 44.3 Å². The number of halogens is 1. The van der Waals surface area contributed by atoms with Crippen LogP contribution in [0, 0.1) is 5.82 Å². The Morgan fingerprint density at radius 1 is 1.05 bits per heavy atom. The van der Waals surface area contributed by atoms with Crippen molar-refractivity contribution in [1.82, 2.24) is 4.90 Å². The van der Waals surface area contributed by atoms with Gasteiger partial charge in [0.2, 0.25) is 0 Å². The summed E-state index contributed by atoms with van der Waals surface area (Å²) in [6, 6.07) is 14.9. The highest BCUT2D eigenvalue weighted by atomic mass is 19.1. The van der Waals surface area contributed by atoms with E-state index in [0.29, 0.717) is 13.2 Å². The second kappa shape index (κ2) is 7.06. The predicted molar refractivity (Wildman–Crippen MR) is 79.2 cm³/mol. The summed E-state index contributed by atoms with van der Waals surface area (Å²) in [5, 5.41) is 0. The van der Waals surface area contributed by atoms with E-state index in [-0.39, 0.29) is 5.82 Å². The first-order valence-corrected chi connectivity index (χ1v) is 6.82. The van der Waals surface area contributed by atoms with Gasteiger partial charge >= 0.3 is 0 Å². The second-order valence-corrected chi connectivity index (χ2v) is 4.84. The van der Waals surface area contributed by atoms with E-state index in [0.717, 1.165) is 23.4 Å². The predicted octanol–water partition coefficient (Wildman–Crippen LogP) is 3.86. The topological polar surface area (TPSA) is 12.5 Å². The molecule has 2 nitrogen and oxygen atoms in total. The van der Waals surface area contributed by atoms with Crippen LogP contribution in [0.15, 0.2) is 48.5 Å². The summed E-state index contributed by atoms with van der Waals surface area (Å²) in [7, 11) is 1.99. The van der Waals surface area contributed by atoms with Crippen LogP contribution in [0.4, 0.5) is 4.39 Å². The molecule has 0 bridgehead atoms. The van der Waals surface area contributed by atoms with Crippen LogP contribution >= 0.6 is 0 Å². The third-order valence-electron chi connectivity index (χ3n) is 3.06. The summed E-state index contributed by atoms with van der Waals surface area (Å²) in [6.07, 6.45) is 0. The quantitative estimate of drug-likeness (QED) is 0.792. The normalized spacial score (nSPS) is 10.8. The summed E-state index contributed by atoms with van der Waals surface area (Å²) in [4.78, 5) is 2.09. The van der Waals surface area contributed by atoms with Gasteiger partial charge in [-0.05, 0) is 37.7 Å². The van der Waals surface area contributed by atoms with E-state index < -0.39 is 0 Å². The smallest absolute Gasteiger partial charge is 0.127 e. The minimum absolute atomic E-state index is 0.151. The molecule has 0 fully saturated rings. The highest BCUT2D eigenvalue weighted by Gasteiger charge is 2.06. The lowest BCUT2D eigenvalue weighted by atomic mass is 10.1. The second-order valence-electron chi connectivity index (χ2n) is 4.84. The Labute approximate surface area is 119 Å². The Kier molecular flexibility index (Phi) is 5.13. The fourth-order valence-electron chi connectivity index (χ4n) is 2.19. The summed E-state index contributed by atoms with van der Waals surface area (Å²) >= 11 is 0. The molecule has 0 radical (unpaired) electrons. The Morgan fingerprint density at radius 2 is 1.85 bits per heavy atom. The van der Waals surface area contributed by atoms with Crippen LogP contribution in [-0.4, -0.2) is 18.6 Å². The maximum absolute atomic E-state index is 13.6. The molecule has 0 N–H and O–H groups in total. The number of ether oxygens (including phenoxy) is 1. The number of nitrogens with zero attached hydrogens (tertiary/aromatic N) is 1. The molecule has 0 heterocycles. The van der Waals surface area contributed by atoms with Crippen molar-refractivity contribution < 1.29 is 9.13 Å². The Bertz CT molecular complexity index is 556. The van der Waals surface area contributed by atoms with Crippen LogP contribution in [0.25, 0.3) is 0 Å². The molecule has 0 aliphatic carbocycles. The van der Waals surface area contributed by atoms with E-state index in [2.05, 4.69) is 11.0 Å². The maximum Gasteiger partial charge on any atom is 0.127 e. The van der Waals surface area contributed by atoms with E-state index in [1.54, 1.807) is 6.07 Å². The van der Waals surface area contributed by atoms with Crippen LogP contribution in [0.5, 0.6) is 5.75 Å². The van der Waals surface area contributed by atoms with Gasteiger partial charge in [0.25, 0.3) is 0 Å². The van der Waals surface area contributed by atoms with E-state index >= 15 is 0 Å². The van der Waals surface area contributed by atoms with Crippen LogP contribution in [0.1, 0.15) is 18.1 Å². The van der Waals surface area contributed by atoms with Gasteiger partial charge in [0.15, 0.2) is 0 Å². The van der Waals surface area contributed by atoms with Gasteiger partial charge in [0.1, 0.15) is 11.6 Å².